The number of aromatic nitrogens is 1. The minimum Gasteiger partial charge on any atom is -0.398 e. The molecular weight excluding hydrogens is 349 g/mol. The molecule has 106 valence electrons. The summed E-state index contributed by atoms with van der Waals surface area (Å²) in [7, 11) is -2.56. The lowest BCUT2D eigenvalue weighted by atomic mass is 10.3. The van der Waals surface area contributed by atoms with Crippen LogP contribution in [-0.4, -0.2) is 20.4 Å². The van der Waals surface area contributed by atoms with Crippen LogP contribution in [0.25, 0.3) is 0 Å². The molecule has 2 rings (SSSR count). The van der Waals surface area contributed by atoms with Gasteiger partial charge in [0.15, 0.2) is 0 Å². The van der Waals surface area contributed by atoms with Crippen molar-refractivity contribution in [3.63, 3.8) is 0 Å². The molecule has 0 aliphatic heterocycles. The van der Waals surface area contributed by atoms with Crippen molar-refractivity contribution >= 4 is 37.5 Å². The van der Waals surface area contributed by atoms with Gasteiger partial charge in [0.1, 0.15) is 16.5 Å². The molecule has 0 bridgehead atoms. The van der Waals surface area contributed by atoms with Crippen LogP contribution in [0.2, 0.25) is 0 Å². The van der Waals surface area contributed by atoms with Crippen molar-refractivity contribution in [2.45, 2.75) is 4.90 Å². The summed E-state index contributed by atoms with van der Waals surface area (Å²) >= 11 is 2.95. The zero-order valence-corrected chi connectivity index (χ0v) is 12.8. The Bertz CT molecular complexity index is 738. The largest absolute Gasteiger partial charge is 0.398 e. The van der Waals surface area contributed by atoms with E-state index in [-0.39, 0.29) is 20.9 Å². The molecule has 0 radical (unpaired) electrons. The van der Waals surface area contributed by atoms with Crippen LogP contribution in [0.4, 0.5) is 15.9 Å². The number of nitrogens with zero attached hydrogens (tertiary/aromatic N) is 2. The van der Waals surface area contributed by atoms with Crippen molar-refractivity contribution in [1.82, 2.24) is 4.98 Å². The van der Waals surface area contributed by atoms with E-state index in [2.05, 4.69) is 20.9 Å². The Balaban J connectivity index is 2.54. The van der Waals surface area contributed by atoms with Gasteiger partial charge in [0.25, 0.3) is 10.0 Å². The molecule has 0 saturated heterocycles. The van der Waals surface area contributed by atoms with Crippen molar-refractivity contribution in [2.24, 2.45) is 0 Å². The van der Waals surface area contributed by atoms with Crippen molar-refractivity contribution in [2.75, 3.05) is 17.1 Å². The number of hydrogen-bond acceptors (Lipinski definition) is 4. The highest BCUT2D eigenvalue weighted by molar-refractivity contribution is 9.10. The molecule has 1 aromatic heterocycles. The molecule has 1 aromatic carbocycles. The third kappa shape index (κ3) is 2.61. The molecule has 0 spiro atoms. The third-order valence-corrected chi connectivity index (χ3v) is 5.09. The number of anilines is 2. The van der Waals surface area contributed by atoms with Gasteiger partial charge in [-0.05, 0) is 40.2 Å². The molecule has 1 heterocycles. The summed E-state index contributed by atoms with van der Waals surface area (Å²) in [6.45, 7) is 0. The first-order valence-corrected chi connectivity index (χ1v) is 7.72. The van der Waals surface area contributed by atoms with E-state index >= 15 is 0 Å². The van der Waals surface area contributed by atoms with E-state index in [0.717, 1.165) is 16.4 Å². The van der Waals surface area contributed by atoms with Crippen LogP contribution in [0.15, 0.2) is 45.9 Å². The predicted molar refractivity (Wildman–Crippen MR) is 78.3 cm³/mol. The number of pyridine rings is 1. The Labute approximate surface area is 124 Å². The quantitative estimate of drug-likeness (QED) is 0.853. The van der Waals surface area contributed by atoms with E-state index in [0.29, 0.717) is 0 Å². The van der Waals surface area contributed by atoms with Crippen LogP contribution in [0.5, 0.6) is 0 Å². The van der Waals surface area contributed by atoms with Gasteiger partial charge >= 0.3 is 0 Å². The van der Waals surface area contributed by atoms with Crippen LogP contribution in [0, 0.1) is 5.82 Å². The van der Waals surface area contributed by atoms with E-state index in [1.807, 2.05) is 0 Å². The zero-order chi connectivity index (χ0) is 14.9. The molecule has 0 unspecified atom stereocenters. The normalized spacial score (nSPS) is 11.3. The second-order valence-corrected chi connectivity index (χ2v) is 6.76. The first kappa shape index (κ1) is 14.7. The molecule has 0 aliphatic carbocycles. The van der Waals surface area contributed by atoms with E-state index in [1.165, 1.54) is 13.2 Å². The first-order valence-electron chi connectivity index (χ1n) is 5.48. The number of nitrogen functional groups attached to an aromatic ring is 1. The molecular formula is C12H11BrFN3O2S. The monoisotopic (exact) mass is 359 g/mol. The Hall–Kier alpha value is -1.67. The first-order chi connectivity index (χ1) is 9.34. The summed E-state index contributed by atoms with van der Waals surface area (Å²) in [5.41, 5.74) is 5.45. The lowest BCUT2D eigenvalue weighted by Crippen LogP contribution is -2.28. The van der Waals surface area contributed by atoms with Gasteiger partial charge in [-0.25, -0.2) is 17.8 Å². The summed E-state index contributed by atoms with van der Waals surface area (Å²) < 4.78 is 39.3. The van der Waals surface area contributed by atoms with E-state index in [9.17, 15) is 12.8 Å². The fraction of sp³-hybridized carbons (Fsp3) is 0.0833. The SMILES string of the molecule is CN(c1ccccn1)S(=O)(=O)c1cc(Br)c(F)cc1N. The average Bonchev–Trinajstić information content (AvgIpc) is 2.42. The molecule has 5 nitrogen and oxygen atoms in total. The van der Waals surface area contributed by atoms with Crippen molar-refractivity contribution < 1.29 is 12.8 Å². The van der Waals surface area contributed by atoms with Gasteiger partial charge in [-0.1, -0.05) is 6.07 Å². The molecule has 2 aromatic rings. The van der Waals surface area contributed by atoms with Gasteiger partial charge in [0.2, 0.25) is 0 Å². The predicted octanol–water partition coefficient (Wildman–Crippen LogP) is 2.39. The van der Waals surface area contributed by atoms with Crippen LogP contribution in [0.1, 0.15) is 0 Å². The molecule has 0 amide bonds. The summed E-state index contributed by atoms with van der Waals surface area (Å²) in [6.07, 6.45) is 1.48. The highest BCUT2D eigenvalue weighted by Crippen LogP contribution is 2.29. The molecule has 2 N–H and O–H groups in total. The zero-order valence-electron chi connectivity index (χ0n) is 10.4. The van der Waals surface area contributed by atoms with Crippen molar-refractivity contribution in [3.8, 4) is 0 Å². The highest BCUT2D eigenvalue weighted by atomic mass is 79.9. The van der Waals surface area contributed by atoms with E-state index in [1.54, 1.807) is 18.2 Å². The Morgan fingerprint density at radius 2 is 2.05 bits per heavy atom. The molecule has 0 fully saturated rings. The minimum absolute atomic E-state index is 0.0275. The number of nitrogens with two attached hydrogens (primary N) is 1. The standard InChI is InChI=1S/C12H11BrFN3O2S/c1-17(12-4-2-3-5-16-12)20(18,19)11-6-8(13)9(14)7-10(11)15/h2-7H,15H2,1H3. The maximum Gasteiger partial charge on any atom is 0.267 e. The third-order valence-electron chi connectivity index (χ3n) is 2.66. The number of rotatable bonds is 3. The Morgan fingerprint density at radius 1 is 1.35 bits per heavy atom. The van der Waals surface area contributed by atoms with Crippen LogP contribution in [-0.2, 0) is 10.0 Å². The van der Waals surface area contributed by atoms with Crippen molar-refractivity contribution in [1.29, 1.82) is 0 Å². The average molecular weight is 360 g/mol. The highest BCUT2D eigenvalue weighted by Gasteiger charge is 2.25. The second-order valence-electron chi connectivity index (χ2n) is 3.96. The summed E-state index contributed by atoms with van der Waals surface area (Å²) in [5.74, 6) is -0.380. The summed E-state index contributed by atoms with van der Waals surface area (Å²) in [4.78, 5) is 3.78. The Kier molecular flexibility index (Phi) is 3.96. The number of sulfonamides is 1. The number of halogens is 2. The lowest BCUT2D eigenvalue weighted by molar-refractivity contribution is 0.592. The molecule has 0 saturated carbocycles. The smallest absolute Gasteiger partial charge is 0.267 e. The van der Waals surface area contributed by atoms with Gasteiger partial charge in [-0.3, -0.25) is 4.31 Å². The molecule has 0 aliphatic rings. The fourth-order valence-electron chi connectivity index (χ4n) is 1.58. The maximum atomic E-state index is 13.3. The fourth-order valence-corrected chi connectivity index (χ4v) is 3.35. The minimum atomic E-state index is -3.91. The molecule has 0 atom stereocenters. The van der Waals surface area contributed by atoms with Gasteiger partial charge < -0.3 is 5.73 Å². The second kappa shape index (κ2) is 5.37. The Morgan fingerprint density at radius 3 is 2.65 bits per heavy atom. The summed E-state index contributed by atoms with van der Waals surface area (Å²) in [6, 6.07) is 6.99. The topological polar surface area (TPSA) is 76.3 Å². The number of benzene rings is 1. The summed E-state index contributed by atoms with van der Waals surface area (Å²) in [5, 5.41) is 0. The van der Waals surface area contributed by atoms with Crippen LogP contribution < -0.4 is 10.0 Å². The van der Waals surface area contributed by atoms with Gasteiger partial charge in [0.05, 0.1) is 10.2 Å². The van der Waals surface area contributed by atoms with Gasteiger partial charge in [-0.15, -0.1) is 0 Å². The van der Waals surface area contributed by atoms with E-state index in [4.69, 9.17) is 5.73 Å². The van der Waals surface area contributed by atoms with Gasteiger partial charge in [0, 0.05) is 13.2 Å². The van der Waals surface area contributed by atoms with Crippen LogP contribution in [0.3, 0.4) is 0 Å². The van der Waals surface area contributed by atoms with Crippen molar-refractivity contribution in [3.05, 3.63) is 46.8 Å². The molecule has 20 heavy (non-hydrogen) atoms. The van der Waals surface area contributed by atoms with Gasteiger partial charge in [-0.2, -0.15) is 0 Å². The number of hydrogen-bond donors (Lipinski definition) is 1. The van der Waals surface area contributed by atoms with Crippen LogP contribution >= 0.6 is 15.9 Å². The maximum absolute atomic E-state index is 13.3. The van der Waals surface area contributed by atoms with E-state index < -0.39 is 15.8 Å². The molecule has 8 heteroatoms. The lowest BCUT2D eigenvalue weighted by Gasteiger charge is -2.19.